The lowest BCUT2D eigenvalue weighted by molar-refractivity contribution is 0.319. The van der Waals surface area contributed by atoms with Crippen molar-refractivity contribution in [3.8, 4) is 5.75 Å². The Morgan fingerprint density at radius 1 is 1.25 bits per heavy atom. The van der Waals surface area contributed by atoms with E-state index in [-0.39, 0.29) is 18.4 Å². The van der Waals surface area contributed by atoms with Gasteiger partial charge in [0.2, 0.25) is 10.0 Å². The minimum absolute atomic E-state index is 0.0153. The molecule has 0 saturated carbocycles. The van der Waals surface area contributed by atoms with Crippen molar-refractivity contribution in [3.63, 3.8) is 0 Å². The Hall–Kier alpha value is -1.27. The van der Waals surface area contributed by atoms with Gasteiger partial charge in [-0.1, -0.05) is 13.8 Å². The van der Waals surface area contributed by atoms with Crippen LogP contribution in [0.1, 0.15) is 27.2 Å². The summed E-state index contributed by atoms with van der Waals surface area (Å²) in [5.41, 5.74) is 6.22. The molecular weight excluding hydrogens is 276 g/mol. The van der Waals surface area contributed by atoms with E-state index in [1.54, 1.807) is 24.3 Å². The first-order valence-corrected chi connectivity index (χ1v) is 8.49. The second-order valence-electron chi connectivity index (χ2n) is 4.69. The van der Waals surface area contributed by atoms with Crippen LogP contribution in [0.25, 0.3) is 0 Å². The van der Waals surface area contributed by atoms with Gasteiger partial charge < -0.3 is 10.5 Å². The number of hydrogen-bond acceptors (Lipinski definition) is 4. The molecule has 0 aliphatic carbocycles. The van der Waals surface area contributed by atoms with Gasteiger partial charge in [0.1, 0.15) is 12.4 Å². The number of rotatable bonds is 8. The minimum atomic E-state index is -3.28. The van der Waals surface area contributed by atoms with Crippen LogP contribution in [0.5, 0.6) is 5.75 Å². The molecular formula is C14H24N2O3S. The van der Waals surface area contributed by atoms with Crippen molar-refractivity contribution in [3.05, 3.63) is 24.3 Å². The third-order valence-electron chi connectivity index (χ3n) is 3.24. The van der Waals surface area contributed by atoms with E-state index in [9.17, 15) is 8.42 Å². The predicted molar refractivity (Wildman–Crippen MR) is 82.3 cm³/mol. The van der Waals surface area contributed by atoms with Gasteiger partial charge in [-0.25, -0.2) is 8.42 Å². The summed E-state index contributed by atoms with van der Waals surface area (Å²) in [6.07, 6.45) is 0.798. The summed E-state index contributed by atoms with van der Waals surface area (Å²) < 4.78 is 31.4. The van der Waals surface area contributed by atoms with Crippen LogP contribution in [-0.4, -0.2) is 37.7 Å². The SMILES string of the molecule is CCC(C)N(CC)S(=O)(=O)CCOc1ccc(N)cc1. The lowest BCUT2D eigenvalue weighted by atomic mass is 10.3. The number of nitrogen functional groups attached to an aromatic ring is 1. The Morgan fingerprint density at radius 2 is 1.85 bits per heavy atom. The molecule has 0 spiro atoms. The van der Waals surface area contributed by atoms with Crippen LogP contribution in [0.15, 0.2) is 24.3 Å². The van der Waals surface area contributed by atoms with E-state index in [0.29, 0.717) is 18.0 Å². The van der Waals surface area contributed by atoms with Crippen LogP contribution >= 0.6 is 0 Å². The predicted octanol–water partition coefficient (Wildman–Crippen LogP) is 2.10. The molecule has 0 heterocycles. The van der Waals surface area contributed by atoms with Crippen LogP contribution in [0, 0.1) is 0 Å². The third kappa shape index (κ3) is 4.68. The second-order valence-corrected chi connectivity index (χ2v) is 6.74. The van der Waals surface area contributed by atoms with Gasteiger partial charge in [-0.15, -0.1) is 0 Å². The Kier molecular flexibility index (Phi) is 6.29. The Labute approximate surface area is 121 Å². The summed E-state index contributed by atoms with van der Waals surface area (Å²) in [7, 11) is -3.28. The minimum Gasteiger partial charge on any atom is -0.492 e. The Morgan fingerprint density at radius 3 is 2.35 bits per heavy atom. The number of nitrogens with zero attached hydrogens (tertiary/aromatic N) is 1. The lowest BCUT2D eigenvalue weighted by Gasteiger charge is -2.26. The average Bonchev–Trinajstić information content (AvgIpc) is 2.41. The zero-order valence-electron chi connectivity index (χ0n) is 12.4. The molecule has 6 heteroatoms. The first-order valence-electron chi connectivity index (χ1n) is 6.88. The van der Waals surface area contributed by atoms with Crippen molar-refractivity contribution in [2.45, 2.75) is 33.2 Å². The summed E-state index contributed by atoms with van der Waals surface area (Å²) in [4.78, 5) is 0. The molecule has 5 nitrogen and oxygen atoms in total. The number of nitrogens with two attached hydrogens (primary N) is 1. The van der Waals surface area contributed by atoms with Crippen LogP contribution in [0.4, 0.5) is 5.69 Å². The van der Waals surface area contributed by atoms with Gasteiger partial charge in [0.05, 0.1) is 5.75 Å². The molecule has 20 heavy (non-hydrogen) atoms. The molecule has 2 N–H and O–H groups in total. The first kappa shape index (κ1) is 16.8. The van der Waals surface area contributed by atoms with E-state index < -0.39 is 10.0 Å². The summed E-state index contributed by atoms with van der Waals surface area (Å²) >= 11 is 0. The smallest absolute Gasteiger partial charge is 0.217 e. The summed E-state index contributed by atoms with van der Waals surface area (Å²) in [5, 5.41) is 0. The van der Waals surface area contributed by atoms with Crippen molar-refractivity contribution < 1.29 is 13.2 Å². The number of hydrogen-bond donors (Lipinski definition) is 1. The fraction of sp³-hybridized carbons (Fsp3) is 0.571. The number of anilines is 1. The maximum absolute atomic E-state index is 12.2. The quantitative estimate of drug-likeness (QED) is 0.746. The van der Waals surface area contributed by atoms with E-state index in [0.717, 1.165) is 6.42 Å². The molecule has 1 aromatic rings. The van der Waals surface area contributed by atoms with Gasteiger partial charge in [-0.05, 0) is 37.6 Å². The van der Waals surface area contributed by atoms with Crippen molar-refractivity contribution >= 4 is 15.7 Å². The van der Waals surface area contributed by atoms with Crippen LogP contribution in [0.3, 0.4) is 0 Å². The highest BCUT2D eigenvalue weighted by molar-refractivity contribution is 7.89. The maximum atomic E-state index is 12.2. The average molecular weight is 300 g/mol. The molecule has 1 rings (SSSR count). The summed E-state index contributed by atoms with van der Waals surface area (Å²) in [6.45, 7) is 6.37. The fourth-order valence-electron chi connectivity index (χ4n) is 1.93. The van der Waals surface area contributed by atoms with Gasteiger partial charge >= 0.3 is 0 Å². The molecule has 0 saturated heterocycles. The molecule has 1 unspecified atom stereocenters. The van der Waals surface area contributed by atoms with Gasteiger partial charge in [-0.3, -0.25) is 0 Å². The van der Waals surface area contributed by atoms with Gasteiger partial charge in [-0.2, -0.15) is 4.31 Å². The van der Waals surface area contributed by atoms with Gasteiger partial charge in [0, 0.05) is 18.3 Å². The van der Waals surface area contributed by atoms with E-state index >= 15 is 0 Å². The van der Waals surface area contributed by atoms with Crippen molar-refractivity contribution in [2.75, 3.05) is 24.6 Å². The third-order valence-corrected chi connectivity index (χ3v) is 5.26. The van der Waals surface area contributed by atoms with Crippen molar-refractivity contribution in [1.82, 2.24) is 4.31 Å². The fourth-order valence-corrected chi connectivity index (χ4v) is 3.55. The van der Waals surface area contributed by atoms with Gasteiger partial charge in [0.15, 0.2) is 0 Å². The molecule has 0 bridgehead atoms. The standard InChI is InChI=1S/C14H24N2O3S/c1-4-12(3)16(5-2)20(17,18)11-10-19-14-8-6-13(15)7-9-14/h6-9,12H,4-5,10-11,15H2,1-3H3. The first-order chi connectivity index (χ1) is 9.40. The van der Waals surface area contributed by atoms with E-state index in [1.165, 1.54) is 4.31 Å². The van der Waals surface area contributed by atoms with Crippen molar-refractivity contribution in [1.29, 1.82) is 0 Å². The number of benzene rings is 1. The maximum Gasteiger partial charge on any atom is 0.217 e. The number of sulfonamides is 1. The van der Waals surface area contributed by atoms with Crippen LogP contribution in [-0.2, 0) is 10.0 Å². The van der Waals surface area contributed by atoms with Crippen LogP contribution < -0.4 is 10.5 Å². The normalized spacial score (nSPS) is 13.4. The molecule has 0 aliphatic heterocycles. The van der Waals surface area contributed by atoms with E-state index in [1.807, 2.05) is 20.8 Å². The van der Waals surface area contributed by atoms with Gasteiger partial charge in [0.25, 0.3) is 0 Å². The Balaban J connectivity index is 2.56. The molecule has 114 valence electrons. The van der Waals surface area contributed by atoms with Crippen molar-refractivity contribution in [2.24, 2.45) is 0 Å². The van der Waals surface area contributed by atoms with E-state index in [4.69, 9.17) is 10.5 Å². The molecule has 0 amide bonds. The highest BCUT2D eigenvalue weighted by Gasteiger charge is 2.24. The number of ether oxygens (including phenoxy) is 1. The molecule has 0 radical (unpaired) electrons. The Bertz CT molecular complexity index is 500. The summed E-state index contributed by atoms with van der Waals surface area (Å²) in [6, 6.07) is 6.92. The monoisotopic (exact) mass is 300 g/mol. The molecule has 0 aliphatic rings. The molecule has 0 aromatic heterocycles. The summed E-state index contributed by atoms with van der Waals surface area (Å²) in [5.74, 6) is 0.608. The van der Waals surface area contributed by atoms with E-state index in [2.05, 4.69) is 0 Å². The highest BCUT2D eigenvalue weighted by Crippen LogP contribution is 2.14. The zero-order chi connectivity index (χ0) is 15.2. The topological polar surface area (TPSA) is 72.6 Å². The largest absolute Gasteiger partial charge is 0.492 e. The zero-order valence-corrected chi connectivity index (χ0v) is 13.2. The lowest BCUT2D eigenvalue weighted by Crippen LogP contribution is -2.40. The molecule has 0 fully saturated rings. The molecule has 1 aromatic carbocycles. The van der Waals surface area contributed by atoms with Crippen LogP contribution in [0.2, 0.25) is 0 Å². The second kappa shape index (κ2) is 7.50. The molecule has 1 atom stereocenters. The highest BCUT2D eigenvalue weighted by atomic mass is 32.2.